The Morgan fingerprint density at radius 1 is 1.28 bits per heavy atom. The zero-order valence-electron chi connectivity index (χ0n) is 14.3. The van der Waals surface area contributed by atoms with Crippen molar-refractivity contribution in [3.8, 4) is 5.88 Å². The Hall–Kier alpha value is -2.00. The summed E-state index contributed by atoms with van der Waals surface area (Å²) in [4.78, 5) is 21.2. The van der Waals surface area contributed by atoms with Gasteiger partial charge in [0.05, 0.1) is 13.7 Å². The van der Waals surface area contributed by atoms with Crippen LogP contribution in [0.3, 0.4) is 0 Å². The summed E-state index contributed by atoms with van der Waals surface area (Å²) in [5, 5.41) is 3.92. The Morgan fingerprint density at radius 2 is 2.12 bits per heavy atom. The zero-order valence-corrected chi connectivity index (χ0v) is 15.1. The summed E-state index contributed by atoms with van der Waals surface area (Å²) in [6.07, 6.45) is 2.41. The molecule has 2 bridgehead atoms. The number of thiazole rings is 1. The molecule has 3 saturated heterocycles. The van der Waals surface area contributed by atoms with E-state index in [2.05, 4.69) is 30.2 Å². The highest BCUT2D eigenvalue weighted by atomic mass is 32.1. The maximum absolute atomic E-state index is 6.30. The molecule has 0 unspecified atom stereocenters. The minimum Gasteiger partial charge on any atom is -0.479 e. The third kappa shape index (κ3) is 2.44. The van der Waals surface area contributed by atoms with Gasteiger partial charge in [-0.05, 0) is 32.9 Å². The number of nitrogens with one attached hydrogen (secondary N) is 1. The molecule has 0 saturated carbocycles. The average Bonchev–Trinajstić information content (AvgIpc) is 3.19. The zero-order chi connectivity index (χ0) is 17.0. The molecular formula is C16H20N6O2S. The predicted molar refractivity (Wildman–Crippen MR) is 95.4 cm³/mol. The number of amidine groups is 1. The summed E-state index contributed by atoms with van der Waals surface area (Å²) in [5.41, 5.74) is 0.514. The van der Waals surface area contributed by atoms with Crippen molar-refractivity contribution in [2.75, 3.05) is 38.6 Å². The van der Waals surface area contributed by atoms with Crippen molar-refractivity contribution < 1.29 is 9.47 Å². The topological polar surface area (TPSA) is 84.8 Å². The van der Waals surface area contributed by atoms with Crippen LogP contribution >= 0.6 is 11.3 Å². The molecule has 25 heavy (non-hydrogen) atoms. The second-order valence-electron chi connectivity index (χ2n) is 6.92. The third-order valence-corrected chi connectivity index (χ3v) is 6.22. The van der Waals surface area contributed by atoms with Crippen molar-refractivity contribution >= 4 is 32.8 Å². The summed E-state index contributed by atoms with van der Waals surface area (Å²) in [7, 11) is 1.59. The van der Waals surface area contributed by atoms with E-state index in [1.165, 1.54) is 37.3 Å². The number of aliphatic imine (C=N–C) groups is 1. The van der Waals surface area contributed by atoms with Crippen LogP contribution in [0.2, 0.25) is 0 Å². The number of piperidine rings is 3. The van der Waals surface area contributed by atoms with E-state index in [0.717, 1.165) is 17.9 Å². The Bertz CT molecular complexity index is 860. The Morgan fingerprint density at radius 3 is 2.84 bits per heavy atom. The third-order valence-electron chi connectivity index (χ3n) is 5.36. The number of hydrogen-bond acceptors (Lipinski definition) is 9. The summed E-state index contributed by atoms with van der Waals surface area (Å²) >= 11 is 1.45. The number of ether oxygens (including phenoxy) is 2. The van der Waals surface area contributed by atoms with E-state index >= 15 is 0 Å². The molecule has 0 aromatic carbocycles. The van der Waals surface area contributed by atoms with Gasteiger partial charge in [-0.2, -0.15) is 4.98 Å². The minimum absolute atomic E-state index is 0.149. The average molecular weight is 360 g/mol. The number of hydrogen-bond donors (Lipinski definition) is 1. The van der Waals surface area contributed by atoms with E-state index in [1.807, 2.05) is 6.92 Å². The Kier molecular flexibility index (Phi) is 3.36. The highest BCUT2D eigenvalue weighted by Crippen LogP contribution is 2.41. The molecule has 2 aromatic rings. The smallest absolute Gasteiger partial charge is 0.291 e. The van der Waals surface area contributed by atoms with Crippen LogP contribution in [0.4, 0.5) is 5.13 Å². The van der Waals surface area contributed by atoms with Crippen molar-refractivity contribution in [2.45, 2.75) is 25.4 Å². The van der Waals surface area contributed by atoms with Crippen LogP contribution in [0.5, 0.6) is 5.88 Å². The molecular weight excluding hydrogens is 340 g/mol. The van der Waals surface area contributed by atoms with Gasteiger partial charge < -0.3 is 9.47 Å². The second-order valence-corrected chi connectivity index (χ2v) is 7.89. The normalized spacial score (nSPS) is 30.6. The monoisotopic (exact) mass is 360 g/mol. The van der Waals surface area contributed by atoms with Gasteiger partial charge in [0.25, 0.3) is 6.02 Å². The van der Waals surface area contributed by atoms with Crippen LogP contribution in [0, 0.1) is 12.8 Å². The van der Waals surface area contributed by atoms with Gasteiger partial charge in [-0.15, -0.1) is 0 Å². The molecule has 1 atom stereocenters. The lowest BCUT2D eigenvalue weighted by atomic mass is 9.75. The molecule has 9 heteroatoms. The van der Waals surface area contributed by atoms with Crippen LogP contribution < -0.4 is 10.1 Å². The number of aromatic nitrogens is 3. The fourth-order valence-electron chi connectivity index (χ4n) is 4.13. The number of aryl methyl sites for hydroxylation is 1. The standard InChI is InChI=1S/C16H20N6O2S/c1-9-18-12(23-2)11-13(19-9)25-15(20-11)21-14-17-7-16(24-14)8-22-5-3-10(16)4-6-22/h10H,3-8H2,1-2H3,(H,17,20,21)/t16-/m0/s1. The van der Waals surface area contributed by atoms with Crippen LogP contribution in [0.15, 0.2) is 4.99 Å². The molecule has 4 aliphatic heterocycles. The summed E-state index contributed by atoms with van der Waals surface area (Å²) in [5.74, 6) is 1.76. The van der Waals surface area contributed by atoms with Crippen molar-refractivity contribution in [3.63, 3.8) is 0 Å². The molecule has 132 valence electrons. The Labute approximate surface area is 149 Å². The van der Waals surface area contributed by atoms with Crippen LogP contribution in [0.25, 0.3) is 10.3 Å². The van der Waals surface area contributed by atoms with E-state index in [0.29, 0.717) is 34.3 Å². The van der Waals surface area contributed by atoms with Gasteiger partial charge in [0.15, 0.2) is 15.5 Å². The maximum atomic E-state index is 6.30. The highest BCUT2D eigenvalue weighted by molar-refractivity contribution is 7.22. The first-order valence-electron chi connectivity index (χ1n) is 8.57. The molecule has 6 rings (SSSR count). The van der Waals surface area contributed by atoms with E-state index < -0.39 is 0 Å². The first kappa shape index (κ1) is 15.3. The lowest BCUT2D eigenvalue weighted by molar-refractivity contribution is -0.0829. The van der Waals surface area contributed by atoms with Gasteiger partial charge in [0, 0.05) is 12.5 Å². The first-order valence-corrected chi connectivity index (χ1v) is 9.39. The lowest BCUT2D eigenvalue weighted by Gasteiger charge is -2.50. The molecule has 4 aliphatic rings. The number of methoxy groups -OCH3 is 1. The van der Waals surface area contributed by atoms with Crippen molar-refractivity contribution in [1.29, 1.82) is 0 Å². The molecule has 0 radical (unpaired) electrons. The van der Waals surface area contributed by atoms with Gasteiger partial charge in [0.1, 0.15) is 11.4 Å². The minimum atomic E-state index is -0.149. The molecule has 0 amide bonds. The number of anilines is 1. The van der Waals surface area contributed by atoms with Crippen molar-refractivity contribution in [1.82, 2.24) is 19.9 Å². The van der Waals surface area contributed by atoms with Gasteiger partial charge in [-0.3, -0.25) is 10.2 Å². The van der Waals surface area contributed by atoms with Crippen LogP contribution in [-0.2, 0) is 4.74 Å². The van der Waals surface area contributed by atoms with Crippen molar-refractivity contribution in [3.05, 3.63) is 5.82 Å². The van der Waals surface area contributed by atoms with Crippen LogP contribution in [0.1, 0.15) is 18.7 Å². The molecule has 6 heterocycles. The van der Waals surface area contributed by atoms with Gasteiger partial charge in [0.2, 0.25) is 5.88 Å². The molecule has 1 spiro atoms. The summed E-state index contributed by atoms with van der Waals surface area (Å²) < 4.78 is 11.6. The fraction of sp³-hybridized carbons (Fsp3) is 0.625. The summed E-state index contributed by atoms with van der Waals surface area (Å²) in [6, 6.07) is 0.566. The van der Waals surface area contributed by atoms with E-state index in [1.54, 1.807) is 7.11 Å². The largest absolute Gasteiger partial charge is 0.479 e. The molecule has 0 aliphatic carbocycles. The maximum Gasteiger partial charge on any atom is 0.291 e. The summed E-state index contributed by atoms with van der Waals surface area (Å²) in [6.45, 7) is 5.92. The van der Waals surface area contributed by atoms with E-state index in [-0.39, 0.29) is 5.60 Å². The second kappa shape index (κ2) is 5.50. The first-order chi connectivity index (χ1) is 12.1. The quantitative estimate of drug-likeness (QED) is 0.872. The molecule has 2 aromatic heterocycles. The molecule has 8 nitrogen and oxygen atoms in total. The molecule has 3 fully saturated rings. The molecule has 1 N–H and O–H groups in total. The van der Waals surface area contributed by atoms with E-state index in [9.17, 15) is 0 Å². The number of fused-ring (bicyclic) bond motifs is 3. The van der Waals surface area contributed by atoms with E-state index in [4.69, 9.17) is 9.47 Å². The lowest BCUT2D eigenvalue weighted by Crippen LogP contribution is -2.61. The number of rotatable bonds is 2. The van der Waals surface area contributed by atoms with Gasteiger partial charge in [-0.1, -0.05) is 11.3 Å². The SMILES string of the molecule is COc1nc(C)nc2sc(NC3=NC[C@@]4(CN5CCC4CC5)O3)nc12. The van der Waals surface area contributed by atoms with Gasteiger partial charge in [-0.25, -0.2) is 15.0 Å². The van der Waals surface area contributed by atoms with Gasteiger partial charge >= 0.3 is 0 Å². The number of nitrogens with zero attached hydrogens (tertiary/aromatic N) is 5. The highest BCUT2D eigenvalue weighted by Gasteiger charge is 2.51. The fourth-order valence-corrected chi connectivity index (χ4v) is 5.00. The van der Waals surface area contributed by atoms with Crippen molar-refractivity contribution in [2.24, 2.45) is 10.9 Å². The Balaban J connectivity index is 1.37. The van der Waals surface area contributed by atoms with Crippen LogP contribution in [-0.4, -0.2) is 64.8 Å². The predicted octanol–water partition coefficient (Wildman–Crippen LogP) is 1.67.